The monoisotopic (exact) mass is 409 g/mol. The Morgan fingerprint density at radius 1 is 1.13 bits per heavy atom. The molecule has 0 bridgehead atoms. The van der Waals surface area contributed by atoms with Gasteiger partial charge in [0.1, 0.15) is 5.78 Å². The van der Waals surface area contributed by atoms with E-state index in [1.165, 1.54) is 24.9 Å². The standard InChI is InChI=1S/C25H31NO4/c1-16(2)20(15-19-9-7-6-8-10-19)17(3)13-21(27)18(4)14-22(28)24-25(29)23(30-5)11-12-26-24/h6-12,17-18,20,29H,1,13-15H2,2-5H3/t17-,18-,20-/m1/s1. The summed E-state index contributed by atoms with van der Waals surface area (Å²) < 4.78 is 5.02. The normalized spacial score (nSPS) is 13.9. The number of hydrogen-bond donors (Lipinski definition) is 1. The average molecular weight is 410 g/mol. The van der Waals surface area contributed by atoms with Crippen LogP contribution in [0.3, 0.4) is 0 Å². The van der Waals surface area contributed by atoms with Crippen LogP contribution < -0.4 is 4.74 Å². The molecule has 0 aliphatic rings. The Morgan fingerprint density at radius 3 is 2.40 bits per heavy atom. The molecule has 0 radical (unpaired) electrons. The number of carbonyl (C=O) groups is 2. The maximum atomic E-state index is 12.8. The number of aromatic nitrogens is 1. The molecular formula is C25H31NO4. The topological polar surface area (TPSA) is 76.5 Å². The molecule has 160 valence electrons. The van der Waals surface area contributed by atoms with Gasteiger partial charge in [-0.3, -0.25) is 9.59 Å². The molecule has 2 rings (SSSR count). The Morgan fingerprint density at radius 2 is 1.80 bits per heavy atom. The molecule has 1 aromatic carbocycles. The van der Waals surface area contributed by atoms with Crippen LogP contribution in [0.1, 0.15) is 49.7 Å². The number of allylic oxidation sites excluding steroid dienone is 1. The third-order valence-corrected chi connectivity index (χ3v) is 5.55. The second-order valence-corrected chi connectivity index (χ2v) is 8.03. The van der Waals surface area contributed by atoms with Crippen molar-refractivity contribution >= 4 is 11.6 Å². The minimum atomic E-state index is -0.463. The first-order chi connectivity index (χ1) is 14.2. The Bertz CT molecular complexity index is 891. The fourth-order valence-electron chi connectivity index (χ4n) is 3.68. The first kappa shape index (κ1) is 23.3. The van der Waals surface area contributed by atoms with Crippen molar-refractivity contribution in [2.75, 3.05) is 7.11 Å². The van der Waals surface area contributed by atoms with E-state index in [0.29, 0.717) is 6.42 Å². The van der Waals surface area contributed by atoms with Crippen LogP contribution in [-0.4, -0.2) is 28.8 Å². The Balaban J connectivity index is 2.01. The van der Waals surface area contributed by atoms with Crippen molar-refractivity contribution in [3.8, 4) is 11.5 Å². The molecule has 0 unspecified atom stereocenters. The number of carbonyl (C=O) groups excluding carboxylic acids is 2. The van der Waals surface area contributed by atoms with Gasteiger partial charge in [0, 0.05) is 31.0 Å². The largest absolute Gasteiger partial charge is 0.503 e. The van der Waals surface area contributed by atoms with Crippen molar-refractivity contribution in [2.24, 2.45) is 17.8 Å². The number of ketones is 2. The zero-order valence-corrected chi connectivity index (χ0v) is 18.2. The molecule has 5 nitrogen and oxygen atoms in total. The number of benzene rings is 1. The van der Waals surface area contributed by atoms with Crippen LogP contribution in [0.15, 0.2) is 54.7 Å². The molecule has 0 fully saturated rings. The van der Waals surface area contributed by atoms with Crippen molar-refractivity contribution in [1.82, 2.24) is 4.98 Å². The molecule has 0 spiro atoms. The van der Waals surface area contributed by atoms with Crippen LogP contribution in [0.5, 0.6) is 11.5 Å². The van der Waals surface area contributed by atoms with E-state index in [2.05, 4.69) is 30.6 Å². The van der Waals surface area contributed by atoms with Gasteiger partial charge in [0.15, 0.2) is 23.0 Å². The third kappa shape index (κ3) is 6.02. The smallest absolute Gasteiger partial charge is 0.187 e. The van der Waals surface area contributed by atoms with Gasteiger partial charge < -0.3 is 9.84 Å². The first-order valence-corrected chi connectivity index (χ1v) is 10.2. The van der Waals surface area contributed by atoms with E-state index in [-0.39, 0.29) is 47.0 Å². The quantitative estimate of drug-likeness (QED) is 0.416. The SMILES string of the molecule is C=C(C)[C@@H](Cc1ccccc1)[C@H](C)CC(=O)[C@H](C)CC(=O)c1nccc(OC)c1O. The number of hydrogen-bond acceptors (Lipinski definition) is 5. The van der Waals surface area contributed by atoms with E-state index in [1.807, 2.05) is 25.1 Å². The molecule has 5 heteroatoms. The highest BCUT2D eigenvalue weighted by molar-refractivity contribution is 5.99. The summed E-state index contributed by atoms with van der Waals surface area (Å²) >= 11 is 0. The number of methoxy groups -OCH3 is 1. The number of rotatable bonds is 11. The minimum absolute atomic E-state index is 0.00426. The van der Waals surface area contributed by atoms with Crippen LogP contribution in [0, 0.1) is 17.8 Å². The predicted molar refractivity (Wildman–Crippen MR) is 118 cm³/mol. The van der Waals surface area contributed by atoms with Crippen LogP contribution in [0.25, 0.3) is 0 Å². The number of Topliss-reactive ketones (excluding diaryl/α,β-unsaturated/α-hetero) is 2. The summed E-state index contributed by atoms with van der Waals surface area (Å²) in [5.41, 5.74) is 2.20. The van der Waals surface area contributed by atoms with Gasteiger partial charge in [-0.1, -0.05) is 56.3 Å². The summed E-state index contributed by atoms with van der Waals surface area (Å²) in [4.78, 5) is 29.3. The van der Waals surface area contributed by atoms with E-state index >= 15 is 0 Å². The highest BCUT2D eigenvalue weighted by Crippen LogP contribution is 2.30. The molecule has 0 saturated carbocycles. The molecule has 1 heterocycles. The summed E-state index contributed by atoms with van der Waals surface area (Å²) in [5.74, 6) is -0.623. The van der Waals surface area contributed by atoms with Crippen molar-refractivity contribution in [3.63, 3.8) is 0 Å². The lowest BCUT2D eigenvalue weighted by molar-refractivity contribution is -0.123. The van der Waals surface area contributed by atoms with Gasteiger partial charge in [0.05, 0.1) is 7.11 Å². The van der Waals surface area contributed by atoms with Gasteiger partial charge in [0.2, 0.25) is 0 Å². The third-order valence-electron chi connectivity index (χ3n) is 5.55. The molecule has 30 heavy (non-hydrogen) atoms. The summed E-state index contributed by atoms with van der Waals surface area (Å²) in [6.07, 6.45) is 2.60. The molecule has 3 atom stereocenters. The van der Waals surface area contributed by atoms with Gasteiger partial charge in [-0.05, 0) is 30.7 Å². The van der Waals surface area contributed by atoms with E-state index in [9.17, 15) is 14.7 Å². The maximum absolute atomic E-state index is 12.8. The van der Waals surface area contributed by atoms with Crippen LogP contribution in [0.2, 0.25) is 0 Å². The first-order valence-electron chi connectivity index (χ1n) is 10.2. The number of nitrogens with zero attached hydrogens (tertiary/aromatic N) is 1. The van der Waals surface area contributed by atoms with Gasteiger partial charge in [-0.25, -0.2) is 4.98 Å². The zero-order chi connectivity index (χ0) is 22.3. The van der Waals surface area contributed by atoms with Crippen LogP contribution >= 0.6 is 0 Å². The second-order valence-electron chi connectivity index (χ2n) is 8.03. The maximum Gasteiger partial charge on any atom is 0.187 e. The fraction of sp³-hybridized carbons (Fsp3) is 0.400. The lowest BCUT2D eigenvalue weighted by Crippen LogP contribution is -2.23. The summed E-state index contributed by atoms with van der Waals surface area (Å²) in [7, 11) is 1.41. The number of ether oxygens (including phenoxy) is 1. The molecule has 0 aliphatic carbocycles. The van der Waals surface area contributed by atoms with E-state index in [0.717, 1.165) is 12.0 Å². The van der Waals surface area contributed by atoms with Crippen molar-refractivity contribution in [2.45, 2.75) is 40.0 Å². The van der Waals surface area contributed by atoms with Crippen molar-refractivity contribution in [3.05, 3.63) is 66.0 Å². The number of pyridine rings is 1. The van der Waals surface area contributed by atoms with Gasteiger partial charge in [0.25, 0.3) is 0 Å². The molecule has 0 aliphatic heterocycles. The molecule has 1 N–H and O–H groups in total. The molecular weight excluding hydrogens is 378 g/mol. The summed E-state index contributed by atoms with van der Waals surface area (Å²) in [6.45, 7) is 9.93. The lowest BCUT2D eigenvalue weighted by atomic mass is 9.79. The number of aromatic hydroxyl groups is 1. The van der Waals surface area contributed by atoms with Crippen LogP contribution in [0.4, 0.5) is 0 Å². The molecule has 0 amide bonds. The highest BCUT2D eigenvalue weighted by atomic mass is 16.5. The lowest BCUT2D eigenvalue weighted by Gasteiger charge is -2.25. The fourth-order valence-corrected chi connectivity index (χ4v) is 3.68. The zero-order valence-electron chi connectivity index (χ0n) is 18.2. The van der Waals surface area contributed by atoms with Crippen molar-refractivity contribution in [1.29, 1.82) is 0 Å². The predicted octanol–water partition coefficient (Wildman–Crippen LogP) is 5.04. The Hall–Kier alpha value is -2.95. The highest BCUT2D eigenvalue weighted by Gasteiger charge is 2.26. The van der Waals surface area contributed by atoms with Crippen molar-refractivity contribution < 1.29 is 19.4 Å². The molecule has 0 saturated heterocycles. The second kappa shape index (κ2) is 10.7. The van der Waals surface area contributed by atoms with Gasteiger partial charge >= 0.3 is 0 Å². The summed E-state index contributed by atoms with van der Waals surface area (Å²) in [5, 5.41) is 10.1. The van der Waals surface area contributed by atoms with Crippen LogP contribution in [-0.2, 0) is 11.2 Å². The minimum Gasteiger partial charge on any atom is -0.503 e. The van der Waals surface area contributed by atoms with Gasteiger partial charge in [-0.15, -0.1) is 0 Å². The van der Waals surface area contributed by atoms with Gasteiger partial charge in [-0.2, -0.15) is 0 Å². The Kier molecular flexibility index (Phi) is 8.34. The Labute approximate surface area is 178 Å². The average Bonchev–Trinajstić information content (AvgIpc) is 2.72. The van der Waals surface area contributed by atoms with E-state index < -0.39 is 5.92 Å². The van der Waals surface area contributed by atoms with E-state index in [1.54, 1.807) is 6.92 Å². The van der Waals surface area contributed by atoms with E-state index in [4.69, 9.17) is 4.74 Å². The molecule has 2 aromatic rings. The molecule has 1 aromatic heterocycles. The summed E-state index contributed by atoms with van der Waals surface area (Å²) in [6, 6.07) is 11.7.